The number of hydrogen-bond acceptors (Lipinski definition) is 3. The van der Waals surface area contributed by atoms with Crippen LogP contribution in [0.3, 0.4) is 0 Å². The van der Waals surface area contributed by atoms with Crippen LogP contribution in [-0.4, -0.2) is 6.18 Å². The smallest absolute Gasteiger partial charge is 0.393 e. The topological polar surface area (TPSA) is 33.5 Å². The van der Waals surface area contributed by atoms with Gasteiger partial charge in [-0.3, -0.25) is 0 Å². The monoisotopic (exact) mass is 413 g/mol. The van der Waals surface area contributed by atoms with E-state index in [1.807, 2.05) is 35.2 Å². The third-order valence-corrected chi connectivity index (χ3v) is 4.54. The summed E-state index contributed by atoms with van der Waals surface area (Å²) in [7, 11) is 0. The molecule has 0 saturated carbocycles. The molecule has 1 heterocycles. The van der Waals surface area contributed by atoms with Crippen LogP contribution in [0.25, 0.3) is 11.0 Å². The molecule has 152 valence electrons. The molecule has 1 aromatic heterocycles. The molecule has 3 nitrogen and oxygen atoms in total. The highest BCUT2D eigenvalue weighted by Crippen LogP contribution is 2.36. The average molecular weight is 413 g/mol. The van der Waals surface area contributed by atoms with Crippen LogP contribution in [-0.2, 0) is 6.42 Å². The van der Waals surface area contributed by atoms with E-state index in [9.17, 15) is 22.4 Å². The van der Waals surface area contributed by atoms with E-state index in [0.717, 1.165) is 5.69 Å². The second-order valence-electron chi connectivity index (χ2n) is 6.72. The highest BCUT2D eigenvalue weighted by Gasteiger charge is 2.29. The first kappa shape index (κ1) is 19.7. The number of halogens is 4. The van der Waals surface area contributed by atoms with Gasteiger partial charge in [-0.15, -0.1) is 0 Å². The zero-order valence-electron chi connectivity index (χ0n) is 15.5. The molecule has 7 heteroatoms. The van der Waals surface area contributed by atoms with Crippen molar-refractivity contribution in [1.82, 2.24) is 0 Å². The van der Waals surface area contributed by atoms with E-state index in [1.165, 1.54) is 18.2 Å². The average Bonchev–Trinajstić information content (AvgIpc) is 2.70. The van der Waals surface area contributed by atoms with E-state index >= 15 is 0 Å². The molecular formula is C23H15F4NO2. The van der Waals surface area contributed by atoms with Crippen LogP contribution >= 0.6 is 0 Å². The molecule has 0 atom stereocenters. The molecule has 0 unspecified atom stereocenters. The number of alkyl halides is 3. The number of fused-ring (bicyclic) bond motifs is 1. The Hall–Kier alpha value is -3.61. The zero-order chi connectivity index (χ0) is 21.3. The lowest BCUT2D eigenvalue weighted by atomic mass is 10.1. The maximum Gasteiger partial charge on any atom is 0.393 e. The van der Waals surface area contributed by atoms with Crippen LogP contribution in [0.4, 0.5) is 34.6 Å². The Labute approximate surface area is 168 Å². The SMILES string of the molecule is O=c1oc2cc(N(c3ccccc3)c3ccc(F)cc3)ccc2cc1CC(F)(F)F. The summed E-state index contributed by atoms with van der Waals surface area (Å²) >= 11 is 0. The van der Waals surface area contributed by atoms with Crippen molar-refractivity contribution in [2.24, 2.45) is 0 Å². The highest BCUT2D eigenvalue weighted by atomic mass is 19.4. The van der Waals surface area contributed by atoms with Gasteiger partial charge in [0.15, 0.2) is 0 Å². The number of anilines is 3. The number of rotatable bonds is 4. The molecule has 0 N–H and O–H groups in total. The molecule has 0 aliphatic heterocycles. The molecule has 4 aromatic rings. The van der Waals surface area contributed by atoms with E-state index in [4.69, 9.17) is 4.42 Å². The number of benzene rings is 3. The molecule has 0 radical (unpaired) electrons. The van der Waals surface area contributed by atoms with Crippen molar-refractivity contribution < 1.29 is 22.0 Å². The molecule has 0 amide bonds. The van der Waals surface area contributed by atoms with E-state index < -0.39 is 23.8 Å². The normalized spacial score (nSPS) is 11.6. The third-order valence-electron chi connectivity index (χ3n) is 4.54. The first-order valence-electron chi connectivity index (χ1n) is 9.04. The third kappa shape index (κ3) is 4.20. The van der Waals surface area contributed by atoms with Gasteiger partial charge in [0.2, 0.25) is 0 Å². The molecule has 0 saturated heterocycles. The van der Waals surface area contributed by atoms with Crippen molar-refractivity contribution >= 4 is 28.0 Å². The summed E-state index contributed by atoms with van der Waals surface area (Å²) in [5.41, 5.74) is 0.738. The second-order valence-corrected chi connectivity index (χ2v) is 6.72. The summed E-state index contributed by atoms with van der Waals surface area (Å²) in [4.78, 5) is 13.9. The molecule has 0 fully saturated rings. The van der Waals surface area contributed by atoms with Crippen LogP contribution in [0.15, 0.2) is 88.1 Å². The lowest BCUT2D eigenvalue weighted by molar-refractivity contribution is -0.127. The minimum absolute atomic E-state index is 0.159. The van der Waals surface area contributed by atoms with Crippen molar-refractivity contribution in [1.29, 1.82) is 0 Å². The van der Waals surface area contributed by atoms with Crippen molar-refractivity contribution in [3.05, 3.63) is 101 Å². The van der Waals surface area contributed by atoms with Crippen molar-refractivity contribution in [2.45, 2.75) is 12.6 Å². The molecule has 0 spiro atoms. The summed E-state index contributed by atoms with van der Waals surface area (Å²) in [5.74, 6) is -0.381. The van der Waals surface area contributed by atoms with Crippen LogP contribution < -0.4 is 10.5 Å². The Kier molecular flexibility index (Phi) is 5.03. The Morgan fingerprint density at radius 2 is 1.43 bits per heavy atom. The molecule has 0 aliphatic carbocycles. The van der Waals surface area contributed by atoms with Gasteiger partial charge in [-0.25, -0.2) is 9.18 Å². The standard InChI is InChI=1S/C23H15F4NO2/c24-17-7-10-19(11-8-17)28(18-4-2-1-3-5-18)20-9-6-15-12-16(14-23(25,26)27)22(29)30-21(15)13-20/h1-13H,14H2. The van der Waals surface area contributed by atoms with Gasteiger partial charge in [-0.2, -0.15) is 13.2 Å². The van der Waals surface area contributed by atoms with Gasteiger partial charge >= 0.3 is 11.8 Å². The largest absolute Gasteiger partial charge is 0.422 e. The summed E-state index contributed by atoms with van der Waals surface area (Å²) in [6.45, 7) is 0. The van der Waals surface area contributed by atoms with Crippen LogP contribution in [0.5, 0.6) is 0 Å². The summed E-state index contributed by atoms with van der Waals surface area (Å²) in [5, 5.41) is 0.379. The van der Waals surface area contributed by atoms with E-state index in [2.05, 4.69) is 0 Å². The fourth-order valence-corrected chi connectivity index (χ4v) is 3.24. The zero-order valence-corrected chi connectivity index (χ0v) is 15.5. The number of para-hydroxylation sites is 1. The fourth-order valence-electron chi connectivity index (χ4n) is 3.24. The molecule has 0 bridgehead atoms. The maximum atomic E-state index is 13.4. The van der Waals surface area contributed by atoms with Crippen LogP contribution in [0.1, 0.15) is 5.56 Å². The predicted octanol–water partition coefficient (Wildman–Crippen LogP) is 6.51. The second kappa shape index (κ2) is 7.67. The molecule has 3 aromatic carbocycles. The van der Waals surface area contributed by atoms with Gasteiger partial charge in [-0.05, 0) is 54.6 Å². The predicted molar refractivity (Wildman–Crippen MR) is 107 cm³/mol. The van der Waals surface area contributed by atoms with Gasteiger partial charge < -0.3 is 9.32 Å². The summed E-state index contributed by atoms with van der Waals surface area (Å²) in [6.07, 6.45) is -5.85. The Morgan fingerprint density at radius 1 is 0.800 bits per heavy atom. The molecular weight excluding hydrogens is 398 g/mol. The van der Waals surface area contributed by atoms with Gasteiger partial charge in [-0.1, -0.05) is 18.2 Å². The minimum Gasteiger partial charge on any atom is -0.422 e. The highest BCUT2D eigenvalue weighted by molar-refractivity contribution is 5.85. The number of nitrogens with zero attached hydrogens (tertiary/aromatic N) is 1. The fraction of sp³-hybridized carbons (Fsp3) is 0.0870. The van der Waals surface area contributed by atoms with E-state index in [1.54, 1.807) is 30.3 Å². The van der Waals surface area contributed by atoms with Crippen LogP contribution in [0.2, 0.25) is 0 Å². The molecule has 30 heavy (non-hydrogen) atoms. The summed E-state index contributed by atoms with van der Waals surface area (Å²) < 4.78 is 56.6. The Morgan fingerprint density at radius 3 is 2.10 bits per heavy atom. The Bertz CT molecular complexity index is 1230. The van der Waals surface area contributed by atoms with E-state index in [0.29, 0.717) is 16.8 Å². The van der Waals surface area contributed by atoms with Crippen LogP contribution in [0, 0.1) is 5.82 Å². The van der Waals surface area contributed by atoms with Crippen molar-refractivity contribution in [3.8, 4) is 0 Å². The Balaban J connectivity index is 1.83. The first-order valence-corrected chi connectivity index (χ1v) is 9.04. The van der Waals surface area contributed by atoms with Gasteiger partial charge in [0, 0.05) is 34.1 Å². The lowest BCUT2D eigenvalue weighted by Crippen LogP contribution is -2.18. The molecule has 0 aliphatic rings. The van der Waals surface area contributed by atoms with Gasteiger partial charge in [0.25, 0.3) is 0 Å². The maximum absolute atomic E-state index is 13.4. The number of hydrogen-bond donors (Lipinski definition) is 0. The molecule has 4 rings (SSSR count). The van der Waals surface area contributed by atoms with Crippen molar-refractivity contribution in [2.75, 3.05) is 4.90 Å². The first-order chi connectivity index (χ1) is 14.3. The lowest BCUT2D eigenvalue weighted by Gasteiger charge is -2.25. The van der Waals surface area contributed by atoms with Gasteiger partial charge in [0.1, 0.15) is 11.4 Å². The van der Waals surface area contributed by atoms with Crippen molar-refractivity contribution in [3.63, 3.8) is 0 Å². The summed E-state index contributed by atoms with van der Waals surface area (Å²) in [6, 6.07) is 21.2. The quantitative estimate of drug-likeness (QED) is 0.283. The van der Waals surface area contributed by atoms with Gasteiger partial charge in [0.05, 0.1) is 6.42 Å². The van der Waals surface area contributed by atoms with E-state index in [-0.39, 0.29) is 11.4 Å². The minimum atomic E-state index is -4.50.